The zero-order chi connectivity index (χ0) is 27.9. The van der Waals surface area contributed by atoms with Crippen molar-refractivity contribution in [3.63, 3.8) is 0 Å². The van der Waals surface area contributed by atoms with Gasteiger partial charge in [-0.3, -0.25) is 24.6 Å². The Labute approximate surface area is 217 Å². The maximum atomic E-state index is 14.1. The van der Waals surface area contributed by atoms with Crippen LogP contribution in [0.5, 0.6) is 11.5 Å². The number of nitro benzene ring substituents is 1. The van der Waals surface area contributed by atoms with Gasteiger partial charge in [0.05, 0.1) is 23.6 Å². The normalized spacial score (nSPS) is 16.8. The summed E-state index contributed by atoms with van der Waals surface area (Å²) in [5.74, 6) is -3.31. The molecule has 1 atom stereocenters. The Morgan fingerprint density at radius 2 is 1.84 bits per heavy atom. The van der Waals surface area contributed by atoms with Gasteiger partial charge in [-0.15, -0.1) is 0 Å². The van der Waals surface area contributed by atoms with E-state index in [0.717, 1.165) is 34.7 Å². The number of hydrogen-bond acceptors (Lipinski definition) is 7. The number of rotatable bonds is 6. The molecule has 2 N–H and O–H groups in total. The minimum atomic E-state index is -1.35. The molecule has 3 aromatic rings. The third kappa shape index (κ3) is 4.45. The third-order valence-electron chi connectivity index (χ3n) is 6.50. The first-order valence-electron chi connectivity index (χ1n) is 11.7. The number of nitrogens with zero attached hydrogens (tertiary/aromatic N) is 2. The van der Waals surface area contributed by atoms with Crippen molar-refractivity contribution in [2.75, 3.05) is 12.0 Å². The van der Waals surface area contributed by atoms with E-state index in [0.29, 0.717) is 11.3 Å². The summed E-state index contributed by atoms with van der Waals surface area (Å²) in [4.78, 5) is 38.4. The number of aliphatic hydroxyl groups is 1. The van der Waals surface area contributed by atoms with E-state index in [1.54, 1.807) is 19.1 Å². The number of aliphatic hydroxyl groups excluding tert-OH is 1. The number of ketones is 1. The predicted octanol–water partition coefficient (Wildman–Crippen LogP) is 5.51. The zero-order valence-corrected chi connectivity index (χ0v) is 21.1. The van der Waals surface area contributed by atoms with Crippen LogP contribution in [0.4, 0.5) is 15.8 Å². The molecular formula is C28H25FN2O7. The van der Waals surface area contributed by atoms with E-state index < -0.39 is 45.7 Å². The number of halogens is 1. The van der Waals surface area contributed by atoms with Crippen molar-refractivity contribution in [2.24, 2.45) is 0 Å². The van der Waals surface area contributed by atoms with Gasteiger partial charge in [-0.25, -0.2) is 4.39 Å². The standard InChI is InChI=1S/C28H25FN2O7/c1-14(2)19-13-20(15(3)10-23(19)38-4)26(33)24-25(16-8-9-22(32)21(11-16)31(36)37)30(28(35)27(24)34)18-7-5-6-17(29)12-18/h5-14,25,32-33H,1-4H3/b26-24+. The molecule has 0 bridgehead atoms. The SMILES string of the molecule is COc1cc(C)c(/C(O)=C2\C(=O)C(=O)N(c3cccc(F)c3)C2c2ccc(O)c([N+](=O)[O-])c2)cc1C(C)C. The van der Waals surface area contributed by atoms with Gasteiger partial charge in [-0.1, -0.05) is 26.0 Å². The molecule has 4 rings (SSSR count). The monoisotopic (exact) mass is 520 g/mol. The van der Waals surface area contributed by atoms with Crippen molar-refractivity contribution in [1.29, 1.82) is 0 Å². The molecule has 1 amide bonds. The Balaban J connectivity index is 2.04. The van der Waals surface area contributed by atoms with Crippen LogP contribution in [0.15, 0.2) is 60.2 Å². The highest BCUT2D eigenvalue weighted by molar-refractivity contribution is 6.51. The highest BCUT2D eigenvalue weighted by Crippen LogP contribution is 2.45. The number of ether oxygens (including phenoxy) is 1. The quantitative estimate of drug-likeness (QED) is 0.144. The number of Topliss-reactive ketones (excluding diaryl/α,β-unsaturated/α-hetero) is 1. The number of aromatic hydroxyl groups is 1. The van der Waals surface area contributed by atoms with E-state index in [1.807, 2.05) is 13.8 Å². The predicted molar refractivity (Wildman–Crippen MR) is 138 cm³/mol. The smallest absolute Gasteiger partial charge is 0.311 e. The largest absolute Gasteiger partial charge is 0.507 e. The molecule has 0 spiro atoms. The van der Waals surface area contributed by atoms with Crippen LogP contribution in [0, 0.1) is 22.9 Å². The van der Waals surface area contributed by atoms with Gasteiger partial charge in [0, 0.05) is 17.3 Å². The molecule has 10 heteroatoms. The molecule has 0 aromatic heterocycles. The van der Waals surface area contributed by atoms with E-state index in [-0.39, 0.29) is 28.3 Å². The number of carbonyl (C=O) groups is 2. The fourth-order valence-corrected chi connectivity index (χ4v) is 4.62. The van der Waals surface area contributed by atoms with E-state index in [4.69, 9.17) is 4.74 Å². The molecule has 0 saturated carbocycles. The van der Waals surface area contributed by atoms with Crippen LogP contribution in [-0.4, -0.2) is 33.9 Å². The summed E-state index contributed by atoms with van der Waals surface area (Å²) in [6.45, 7) is 5.55. The first kappa shape index (κ1) is 26.3. The van der Waals surface area contributed by atoms with Crippen LogP contribution >= 0.6 is 0 Å². The number of hydrogen-bond donors (Lipinski definition) is 2. The van der Waals surface area contributed by atoms with Crippen LogP contribution in [0.2, 0.25) is 0 Å². The molecule has 196 valence electrons. The number of carbonyl (C=O) groups excluding carboxylic acids is 2. The van der Waals surface area contributed by atoms with E-state index in [2.05, 4.69) is 0 Å². The van der Waals surface area contributed by atoms with Crippen LogP contribution in [0.3, 0.4) is 0 Å². The molecule has 9 nitrogen and oxygen atoms in total. The van der Waals surface area contributed by atoms with Gasteiger partial charge in [0.1, 0.15) is 17.3 Å². The van der Waals surface area contributed by atoms with Crippen molar-refractivity contribution in [3.05, 3.63) is 98.4 Å². The second-order valence-corrected chi connectivity index (χ2v) is 9.22. The van der Waals surface area contributed by atoms with Gasteiger partial charge in [-0.2, -0.15) is 0 Å². The number of anilines is 1. The molecule has 0 aliphatic carbocycles. The average molecular weight is 521 g/mol. The van der Waals surface area contributed by atoms with Gasteiger partial charge < -0.3 is 14.9 Å². The zero-order valence-electron chi connectivity index (χ0n) is 21.1. The summed E-state index contributed by atoms with van der Waals surface area (Å²) in [7, 11) is 1.52. The van der Waals surface area contributed by atoms with Gasteiger partial charge in [0.15, 0.2) is 5.75 Å². The Bertz CT molecular complexity index is 1510. The lowest BCUT2D eigenvalue weighted by Crippen LogP contribution is -2.29. The lowest BCUT2D eigenvalue weighted by molar-refractivity contribution is -0.385. The number of phenolic OH excluding ortho intramolecular Hbond substituents is 1. The maximum absolute atomic E-state index is 14.1. The van der Waals surface area contributed by atoms with Gasteiger partial charge in [0.2, 0.25) is 0 Å². The molecule has 1 aliphatic heterocycles. The minimum absolute atomic E-state index is 0.0117. The van der Waals surface area contributed by atoms with Gasteiger partial charge in [0.25, 0.3) is 11.7 Å². The second-order valence-electron chi connectivity index (χ2n) is 9.22. The minimum Gasteiger partial charge on any atom is -0.507 e. The molecule has 1 fully saturated rings. The molecular weight excluding hydrogens is 495 g/mol. The Hall–Kier alpha value is -4.73. The van der Waals surface area contributed by atoms with Crippen LogP contribution in [-0.2, 0) is 9.59 Å². The number of amides is 1. The first-order valence-corrected chi connectivity index (χ1v) is 11.7. The highest BCUT2D eigenvalue weighted by atomic mass is 19.1. The lowest BCUT2D eigenvalue weighted by atomic mass is 9.90. The van der Waals surface area contributed by atoms with Crippen molar-refractivity contribution in [2.45, 2.75) is 32.7 Å². The molecule has 38 heavy (non-hydrogen) atoms. The van der Waals surface area contributed by atoms with Crippen LogP contribution in [0.1, 0.15) is 48.1 Å². The summed E-state index contributed by atoms with van der Waals surface area (Å²) < 4.78 is 19.6. The number of aryl methyl sites for hydroxylation is 1. The van der Waals surface area contributed by atoms with Gasteiger partial charge in [-0.05, 0) is 65.9 Å². The van der Waals surface area contributed by atoms with Crippen molar-refractivity contribution in [1.82, 2.24) is 0 Å². The van der Waals surface area contributed by atoms with Crippen molar-refractivity contribution >= 4 is 28.8 Å². The lowest BCUT2D eigenvalue weighted by Gasteiger charge is -2.25. The molecule has 0 radical (unpaired) electrons. The van der Waals surface area contributed by atoms with Crippen LogP contribution in [0.25, 0.3) is 5.76 Å². The summed E-state index contributed by atoms with van der Waals surface area (Å²) in [5, 5.41) is 33.0. The topological polar surface area (TPSA) is 130 Å². The fourth-order valence-electron chi connectivity index (χ4n) is 4.62. The number of phenols is 1. The number of nitro groups is 1. The molecule has 1 unspecified atom stereocenters. The summed E-state index contributed by atoms with van der Waals surface area (Å²) in [6, 6.07) is 10.4. The Morgan fingerprint density at radius 3 is 2.45 bits per heavy atom. The van der Waals surface area contributed by atoms with E-state index >= 15 is 0 Å². The van der Waals surface area contributed by atoms with Gasteiger partial charge >= 0.3 is 5.69 Å². The first-order chi connectivity index (χ1) is 18.0. The number of benzene rings is 3. The fraction of sp³-hybridized carbons (Fsp3) is 0.214. The Morgan fingerprint density at radius 1 is 1.13 bits per heavy atom. The number of methoxy groups -OCH3 is 1. The summed E-state index contributed by atoms with van der Waals surface area (Å²) in [5.41, 5.74) is 0.658. The third-order valence-corrected chi connectivity index (χ3v) is 6.50. The average Bonchev–Trinajstić information content (AvgIpc) is 3.13. The van der Waals surface area contributed by atoms with E-state index in [1.165, 1.54) is 25.3 Å². The Kier molecular flexibility index (Phi) is 6.91. The van der Waals surface area contributed by atoms with Crippen molar-refractivity contribution < 1.29 is 33.9 Å². The second kappa shape index (κ2) is 9.97. The van der Waals surface area contributed by atoms with Crippen LogP contribution < -0.4 is 9.64 Å². The van der Waals surface area contributed by atoms with E-state index in [9.17, 15) is 34.3 Å². The maximum Gasteiger partial charge on any atom is 0.311 e. The van der Waals surface area contributed by atoms with Crippen molar-refractivity contribution in [3.8, 4) is 11.5 Å². The highest BCUT2D eigenvalue weighted by Gasteiger charge is 2.47. The molecule has 3 aromatic carbocycles. The molecule has 1 heterocycles. The summed E-state index contributed by atoms with van der Waals surface area (Å²) in [6.07, 6.45) is 0. The summed E-state index contributed by atoms with van der Waals surface area (Å²) >= 11 is 0. The molecule has 1 aliphatic rings. The molecule has 1 saturated heterocycles.